The summed E-state index contributed by atoms with van der Waals surface area (Å²) in [5, 5.41) is -0.331. The summed E-state index contributed by atoms with van der Waals surface area (Å²) in [5.74, 6) is -0.292. The molecule has 1 fully saturated rings. The van der Waals surface area contributed by atoms with Gasteiger partial charge in [0, 0.05) is 48.6 Å². The van der Waals surface area contributed by atoms with Gasteiger partial charge in [-0.3, -0.25) is 4.79 Å². The van der Waals surface area contributed by atoms with Crippen molar-refractivity contribution >= 4 is 29.3 Å². The first-order chi connectivity index (χ1) is 19.3. The number of rotatable bonds is 5. The molecule has 40 heavy (non-hydrogen) atoms. The predicted octanol–water partition coefficient (Wildman–Crippen LogP) is 7.17. The van der Waals surface area contributed by atoms with Gasteiger partial charge in [-0.25, -0.2) is 0 Å². The van der Waals surface area contributed by atoms with Crippen LogP contribution in [0, 0.1) is 0 Å². The second kappa shape index (κ2) is 10.1. The van der Waals surface area contributed by atoms with Crippen molar-refractivity contribution in [1.82, 2.24) is 0 Å². The number of anilines is 2. The van der Waals surface area contributed by atoms with Crippen LogP contribution >= 0.6 is 11.6 Å². The monoisotopic (exact) mass is 564 g/mol. The Bertz CT molecular complexity index is 1500. The van der Waals surface area contributed by atoms with E-state index in [2.05, 4.69) is 0 Å². The lowest BCUT2D eigenvalue weighted by Crippen LogP contribution is -2.47. The standard InChI is InChI=1S/C31H24ClF3N2O3/c32-26-13-12-24(19-25(26)31(33,34)35)36-15-17-37(18-16-36)28-21(20-38)11-14-27-29(28)40-30(39-27,22-7-3-1-4-8-22)23-9-5-2-6-10-23/h1-14,19-20H,15-18H2. The van der Waals surface area contributed by atoms with Crippen LogP contribution in [-0.4, -0.2) is 32.5 Å². The fraction of sp³-hybridized carbons (Fsp3) is 0.194. The number of piperazine rings is 1. The Kier molecular flexibility index (Phi) is 6.58. The van der Waals surface area contributed by atoms with Crippen LogP contribution in [-0.2, 0) is 12.0 Å². The highest BCUT2D eigenvalue weighted by Crippen LogP contribution is 2.53. The van der Waals surface area contributed by atoms with Crippen LogP contribution in [0.3, 0.4) is 0 Å². The van der Waals surface area contributed by atoms with E-state index in [4.69, 9.17) is 21.1 Å². The normalized spacial score (nSPS) is 16.2. The zero-order valence-electron chi connectivity index (χ0n) is 21.2. The number of halogens is 4. The van der Waals surface area contributed by atoms with Crippen molar-refractivity contribution < 1.29 is 27.4 Å². The van der Waals surface area contributed by atoms with E-state index >= 15 is 0 Å². The van der Waals surface area contributed by atoms with Gasteiger partial charge < -0.3 is 19.3 Å². The molecule has 4 aromatic rings. The third kappa shape index (κ3) is 4.52. The Balaban J connectivity index is 1.33. The second-order valence-electron chi connectivity index (χ2n) is 9.64. The van der Waals surface area contributed by atoms with E-state index in [0.717, 1.165) is 23.5 Å². The molecule has 5 nitrogen and oxygen atoms in total. The lowest BCUT2D eigenvalue weighted by Gasteiger charge is -2.38. The van der Waals surface area contributed by atoms with Crippen molar-refractivity contribution in [1.29, 1.82) is 0 Å². The molecule has 4 aromatic carbocycles. The summed E-state index contributed by atoms with van der Waals surface area (Å²) in [6, 6.07) is 26.6. The molecule has 2 aliphatic rings. The Morgan fingerprint density at radius 2 is 1.38 bits per heavy atom. The molecule has 1 saturated heterocycles. The molecule has 0 atom stereocenters. The molecule has 0 spiro atoms. The largest absolute Gasteiger partial charge is 0.440 e. The second-order valence-corrected chi connectivity index (χ2v) is 10.0. The Morgan fingerprint density at radius 1 is 0.775 bits per heavy atom. The van der Waals surface area contributed by atoms with Crippen molar-refractivity contribution in [3.05, 3.63) is 118 Å². The van der Waals surface area contributed by atoms with Crippen LogP contribution in [0.25, 0.3) is 0 Å². The number of alkyl halides is 3. The molecule has 0 aliphatic carbocycles. The molecule has 0 aromatic heterocycles. The number of hydrogen-bond donors (Lipinski definition) is 0. The van der Waals surface area contributed by atoms with Crippen molar-refractivity contribution in [2.24, 2.45) is 0 Å². The summed E-state index contributed by atoms with van der Waals surface area (Å²) in [6.07, 6.45) is -3.76. The summed E-state index contributed by atoms with van der Waals surface area (Å²) < 4.78 is 53.5. The minimum Gasteiger partial charge on any atom is -0.440 e. The van der Waals surface area contributed by atoms with Gasteiger partial charge in [-0.15, -0.1) is 0 Å². The smallest absolute Gasteiger partial charge is 0.417 e. The van der Waals surface area contributed by atoms with Crippen LogP contribution < -0.4 is 19.3 Å². The van der Waals surface area contributed by atoms with Gasteiger partial charge in [-0.05, 0) is 30.3 Å². The first kappa shape index (κ1) is 26.1. The molecule has 204 valence electrons. The SMILES string of the molecule is O=Cc1ccc2c(c1N1CCN(c3ccc(Cl)c(C(F)(F)F)c3)CC1)OC(c1ccccc1)(c1ccccc1)O2. The van der Waals surface area contributed by atoms with Crippen LogP contribution in [0.1, 0.15) is 27.0 Å². The van der Waals surface area contributed by atoms with Gasteiger partial charge in [0.05, 0.1) is 16.3 Å². The van der Waals surface area contributed by atoms with E-state index in [-0.39, 0.29) is 5.02 Å². The quantitative estimate of drug-likeness (QED) is 0.240. The third-order valence-corrected chi connectivity index (χ3v) is 7.61. The molecular formula is C31H24ClF3N2O3. The minimum atomic E-state index is -4.54. The predicted molar refractivity (Wildman–Crippen MR) is 148 cm³/mol. The van der Waals surface area contributed by atoms with Gasteiger partial charge in [0.15, 0.2) is 17.8 Å². The van der Waals surface area contributed by atoms with Crippen molar-refractivity contribution in [3.8, 4) is 11.5 Å². The van der Waals surface area contributed by atoms with E-state index in [1.54, 1.807) is 18.2 Å². The molecular weight excluding hydrogens is 541 g/mol. The number of hydrogen-bond acceptors (Lipinski definition) is 5. The summed E-state index contributed by atoms with van der Waals surface area (Å²) in [7, 11) is 0. The van der Waals surface area contributed by atoms with Gasteiger partial charge in [-0.2, -0.15) is 13.2 Å². The van der Waals surface area contributed by atoms with Gasteiger partial charge in [-0.1, -0.05) is 72.3 Å². The summed E-state index contributed by atoms with van der Waals surface area (Å²) in [5.41, 5.74) is 2.22. The number of carbonyl (C=O) groups is 1. The summed E-state index contributed by atoms with van der Waals surface area (Å²) in [6.45, 7) is 1.77. The summed E-state index contributed by atoms with van der Waals surface area (Å²) in [4.78, 5) is 16.1. The maximum Gasteiger partial charge on any atom is 0.417 e. The number of fused-ring (bicyclic) bond motifs is 1. The van der Waals surface area contributed by atoms with E-state index in [1.165, 1.54) is 6.07 Å². The molecule has 0 bridgehead atoms. The maximum atomic E-state index is 13.4. The van der Waals surface area contributed by atoms with E-state index < -0.39 is 17.5 Å². The van der Waals surface area contributed by atoms with E-state index in [9.17, 15) is 18.0 Å². The average Bonchev–Trinajstić information content (AvgIpc) is 3.38. The highest BCUT2D eigenvalue weighted by atomic mass is 35.5. The van der Waals surface area contributed by atoms with Crippen molar-refractivity contribution in [2.75, 3.05) is 36.0 Å². The zero-order valence-corrected chi connectivity index (χ0v) is 22.0. The number of nitrogens with zero attached hydrogens (tertiary/aromatic N) is 2. The van der Waals surface area contributed by atoms with Crippen LogP contribution in [0.15, 0.2) is 91.0 Å². The Labute approximate surface area is 234 Å². The Morgan fingerprint density at radius 3 is 1.95 bits per heavy atom. The highest BCUT2D eigenvalue weighted by Gasteiger charge is 2.47. The zero-order chi connectivity index (χ0) is 27.9. The molecule has 9 heteroatoms. The summed E-state index contributed by atoms with van der Waals surface area (Å²) >= 11 is 5.82. The average molecular weight is 565 g/mol. The molecule has 2 heterocycles. The van der Waals surface area contributed by atoms with Crippen molar-refractivity contribution in [2.45, 2.75) is 12.0 Å². The molecule has 0 amide bonds. The fourth-order valence-corrected chi connectivity index (χ4v) is 5.55. The van der Waals surface area contributed by atoms with Gasteiger partial charge in [0.1, 0.15) is 0 Å². The number of carbonyl (C=O) groups excluding carboxylic acids is 1. The number of ether oxygens (including phenoxy) is 2. The maximum absolute atomic E-state index is 13.4. The molecule has 6 rings (SSSR count). The van der Waals surface area contributed by atoms with Crippen LogP contribution in [0.2, 0.25) is 5.02 Å². The van der Waals surface area contributed by atoms with Gasteiger partial charge in [0.2, 0.25) is 0 Å². The lowest BCUT2D eigenvalue weighted by molar-refractivity contribution is -0.137. The van der Waals surface area contributed by atoms with E-state index in [0.29, 0.717) is 54.6 Å². The minimum absolute atomic E-state index is 0.331. The molecule has 2 aliphatic heterocycles. The number of aldehydes is 1. The Hall–Kier alpha value is -4.17. The molecule has 0 saturated carbocycles. The van der Waals surface area contributed by atoms with Crippen molar-refractivity contribution in [3.63, 3.8) is 0 Å². The topological polar surface area (TPSA) is 42.0 Å². The van der Waals surface area contributed by atoms with Gasteiger partial charge >= 0.3 is 12.0 Å². The van der Waals surface area contributed by atoms with Gasteiger partial charge in [0.25, 0.3) is 0 Å². The third-order valence-electron chi connectivity index (χ3n) is 7.28. The first-order valence-corrected chi connectivity index (χ1v) is 13.2. The molecule has 0 unspecified atom stereocenters. The van der Waals surface area contributed by atoms with E-state index in [1.807, 2.05) is 70.5 Å². The first-order valence-electron chi connectivity index (χ1n) is 12.8. The lowest BCUT2D eigenvalue weighted by atomic mass is 9.97. The fourth-order valence-electron chi connectivity index (χ4n) is 5.32. The molecule has 0 N–H and O–H groups in total. The van der Waals surface area contributed by atoms with Crippen LogP contribution in [0.4, 0.5) is 24.5 Å². The highest BCUT2D eigenvalue weighted by molar-refractivity contribution is 6.31. The van der Waals surface area contributed by atoms with Crippen LogP contribution in [0.5, 0.6) is 11.5 Å². The molecule has 0 radical (unpaired) electrons. The number of benzene rings is 4.